The molecule has 1 aliphatic heterocycles. The summed E-state index contributed by atoms with van der Waals surface area (Å²) in [6, 6.07) is 3.65. The first-order valence-electron chi connectivity index (χ1n) is 10.0. The average molecular weight is 463 g/mol. The maximum Gasteiger partial charge on any atom is 0.495 e. The third-order valence-electron chi connectivity index (χ3n) is 5.42. The Balaban J connectivity index is 2.16. The van der Waals surface area contributed by atoms with Gasteiger partial charge in [0.05, 0.1) is 24.1 Å². The molecule has 0 spiro atoms. The van der Waals surface area contributed by atoms with Gasteiger partial charge in [-0.1, -0.05) is 18.0 Å². The highest BCUT2D eigenvalue weighted by Gasteiger charge is 2.52. The number of benzene rings is 1. The minimum Gasteiger partial charge on any atom is -0.468 e. The summed E-state index contributed by atoms with van der Waals surface area (Å²) in [5.74, 6) is 0.580. The fourth-order valence-corrected chi connectivity index (χ4v) is 3.81. The van der Waals surface area contributed by atoms with Crippen molar-refractivity contribution >= 4 is 34.3 Å². The van der Waals surface area contributed by atoms with Crippen molar-refractivity contribution in [1.82, 2.24) is 0 Å². The smallest absolute Gasteiger partial charge is 0.468 e. The summed E-state index contributed by atoms with van der Waals surface area (Å²) in [5.41, 5.74) is 0.810. The molecule has 1 heterocycles. The van der Waals surface area contributed by atoms with Gasteiger partial charge >= 0.3 is 7.12 Å². The fraction of sp³-hybridized carbons (Fsp3) is 0.700. The molecule has 0 saturated carbocycles. The maximum absolute atomic E-state index is 11.0. The van der Waals surface area contributed by atoms with Crippen molar-refractivity contribution < 1.29 is 31.4 Å². The van der Waals surface area contributed by atoms with E-state index in [1.807, 2.05) is 33.8 Å². The number of hydrogen-bond acceptors (Lipinski definition) is 7. The van der Waals surface area contributed by atoms with Crippen LogP contribution in [0.25, 0.3) is 0 Å². The van der Waals surface area contributed by atoms with E-state index in [2.05, 4.69) is 0 Å². The number of unbranched alkanes of at least 4 members (excludes halogenated alkanes) is 2. The summed E-state index contributed by atoms with van der Waals surface area (Å²) in [6.45, 7) is 8.30. The van der Waals surface area contributed by atoms with Gasteiger partial charge in [-0.2, -0.15) is 8.42 Å². The lowest BCUT2D eigenvalue weighted by Gasteiger charge is -2.32. The van der Waals surface area contributed by atoms with E-state index in [-0.39, 0.29) is 13.4 Å². The first-order chi connectivity index (χ1) is 13.9. The molecule has 2 rings (SSSR count). The predicted molar refractivity (Wildman–Crippen MR) is 118 cm³/mol. The van der Waals surface area contributed by atoms with Crippen molar-refractivity contribution in [1.29, 1.82) is 0 Å². The van der Waals surface area contributed by atoms with Crippen LogP contribution in [0.15, 0.2) is 12.1 Å². The maximum atomic E-state index is 11.0. The molecule has 170 valence electrons. The Morgan fingerprint density at radius 2 is 1.70 bits per heavy atom. The van der Waals surface area contributed by atoms with Gasteiger partial charge in [0.2, 0.25) is 0 Å². The Kier molecular flexibility index (Phi) is 8.64. The van der Waals surface area contributed by atoms with Gasteiger partial charge in [-0.3, -0.25) is 4.18 Å². The Hall–Kier alpha value is -0.835. The minimum atomic E-state index is -3.40. The number of rotatable bonds is 11. The lowest BCUT2D eigenvalue weighted by atomic mass is 9.74. The molecular weight excluding hydrogens is 431 g/mol. The fourth-order valence-electron chi connectivity index (χ4n) is 3.08. The van der Waals surface area contributed by atoms with E-state index in [1.165, 1.54) is 0 Å². The van der Waals surface area contributed by atoms with Gasteiger partial charge in [-0.25, -0.2) is 0 Å². The van der Waals surface area contributed by atoms with Gasteiger partial charge in [0, 0.05) is 12.1 Å². The van der Waals surface area contributed by atoms with Crippen LogP contribution >= 0.6 is 11.6 Å². The van der Waals surface area contributed by atoms with E-state index >= 15 is 0 Å². The second-order valence-electron chi connectivity index (χ2n) is 8.45. The molecule has 0 atom stereocenters. The van der Waals surface area contributed by atoms with Crippen LogP contribution in [-0.2, 0) is 34.8 Å². The van der Waals surface area contributed by atoms with E-state index in [4.69, 9.17) is 34.6 Å². The Morgan fingerprint density at radius 1 is 1.07 bits per heavy atom. The van der Waals surface area contributed by atoms with E-state index in [0.717, 1.165) is 30.1 Å². The molecule has 0 N–H and O–H groups in total. The molecule has 10 heteroatoms. The molecule has 1 aromatic rings. The van der Waals surface area contributed by atoms with Crippen LogP contribution in [-0.4, -0.2) is 53.5 Å². The molecular formula is C20H32BClO7S. The summed E-state index contributed by atoms with van der Waals surface area (Å²) in [7, 11) is -2.41. The van der Waals surface area contributed by atoms with Crippen LogP contribution in [0.5, 0.6) is 5.75 Å². The molecule has 1 aromatic carbocycles. The molecule has 0 amide bonds. The summed E-state index contributed by atoms with van der Waals surface area (Å²) in [6.07, 6.45) is 4.01. The zero-order chi connectivity index (χ0) is 22.6. The number of ether oxygens (including phenoxy) is 2. The van der Waals surface area contributed by atoms with Crippen molar-refractivity contribution in [3.8, 4) is 5.75 Å². The molecule has 30 heavy (non-hydrogen) atoms. The Labute approximate surface area is 185 Å². The van der Waals surface area contributed by atoms with Crippen molar-refractivity contribution in [3.63, 3.8) is 0 Å². The summed E-state index contributed by atoms with van der Waals surface area (Å²) in [4.78, 5) is 0. The molecule has 0 unspecified atom stereocenters. The number of methoxy groups -OCH3 is 1. The highest BCUT2D eigenvalue weighted by molar-refractivity contribution is 7.85. The number of hydrogen-bond donors (Lipinski definition) is 0. The molecule has 0 radical (unpaired) electrons. The molecule has 7 nitrogen and oxygen atoms in total. The summed E-state index contributed by atoms with van der Waals surface area (Å²) in [5, 5.41) is 0.570. The van der Waals surface area contributed by atoms with Crippen LogP contribution in [0.3, 0.4) is 0 Å². The predicted octanol–water partition coefficient (Wildman–Crippen LogP) is 3.31. The monoisotopic (exact) mass is 462 g/mol. The highest BCUT2D eigenvalue weighted by atomic mass is 35.5. The molecule has 1 fully saturated rings. The molecule has 0 aromatic heterocycles. The van der Waals surface area contributed by atoms with Gasteiger partial charge in [-0.05, 0) is 70.1 Å². The van der Waals surface area contributed by atoms with Crippen LogP contribution < -0.4 is 10.2 Å². The van der Waals surface area contributed by atoms with E-state index < -0.39 is 28.4 Å². The summed E-state index contributed by atoms with van der Waals surface area (Å²) < 4.78 is 49.9. The second-order valence-corrected chi connectivity index (χ2v) is 10.5. The van der Waals surface area contributed by atoms with Crippen molar-refractivity contribution in [2.75, 3.05) is 26.8 Å². The third-order valence-corrected chi connectivity index (χ3v) is 6.35. The number of halogens is 1. The third kappa shape index (κ3) is 6.83. The SMILES string of the molecule is COCOc1cc(Cl)c(CCCCCOS(C)(=O)=O)c(B2OC(C)(C)C(C)(C)O2)c1. The van der Waals surface area contributed by atoms with Crippen LogP contribution in [0.4, 0.5) is 0 Å². The second kappa shape index (κ2) is 10.2. The highest BCUT2D eigenvalue weighted by Crippen LogP contribution is 2.37. The van der Waals surface area contributed by atoms with E-state index in [9.17, 15) is 8.42 Å². The molecule has 0 bridgehead atoms. The van der Waals surface area contributed by atoms with Crippen LogP contribution in [0, 0.1) is 0 Å². The van der Waals surface area contributed by atoms with Crippen molar-refractivity contribution in [2.24, 2.45) is 0 Å². The first-order valence-corrected chi connectivity index (χ1v) is 12.2. The van der Waals surface area contributed by atoms with Gasteiger partial charge in [-0.15, -0.1) is 0 Å². The minimum absolute atomic E-state index is 0.110. The average Bonchev–Trinajstić information content (AvgIpc) is 2.83. The lowest BCUT2D eigenvalue weighted by molar-refractivity contribution is 0.00578. The van der Waals surface area contributed by atoms with E-state index in [0.29, 0.717) is 23.6 Å². The zero-order valence-electron chi connectivity index (χ0n) is 18.6. The van der Waals surface area contributed by atoms with Gasteiger partial charge in [0.25, 0.3) is 10.1 Å². The molecule has 1 saturated heterocycles. The topological polar surface area (TPSA) is 80.3 Å². The van der Waals surface area contributed by atoms with Crippen molar-refractivity contribution in [2.45, 2.75) is 64.6 Å². The standard InChI is InChI=1S/C20H32BClO7S/c1-19(2)20(3,4)29-21(28-19)17-12-15(26-14-25-5)13-18(22)16(17)10-8-7-9-11-27-30(6,23)24/h12-13H,7-11,14H2,1-6H3. The molecule has 1 aliphatic rings. The first kappa shape index (κ1) is 25.4. The largest absolute Gasteiger partial charge is 0.495 e. The molecule has 0 aliphatic carbocycles. The Morgan fingerprint density at radius 3 is 2.27 bits per heavy atom. The summed E-state index contributed by atoms with van der Waals surface area (Å²) >= 11 is 6.60. The zero-order valence-corrected chi connectivity index (χ0v) is 20.2. The van der Waals surface area contributed by atoms with Crippen LogP contribution in [0.2, 0.25) is 5.02 Å². The lowest BCUT2D eigenvalue weighted by Crippen LogP contribution is -2.41. The van der Waals surface area contributed by atoms with Gasteiger partial charge < -0.3 is 18.8 Å². The normalized spacial score (nSPS) is 18.0. The quantitative estimate of drug-likeness (QED) is 0.216. The van der Waals surface area contributed by atoms with Crippen LogP contribution in [0.1, 0.15) is 52.5 Å². The van der Waals surface area contributed by atoms with Gasteiger partial charge in [0.15, 0.2) is 6.79 Å². The van der Waals surface area contributed by atoms with E-state index in [1.54, 1.807) is 13.2 Å². The Bertz CT molecular complexity index is 811. The van der Waals surface area contributed by atoms with Crippen molar-refractivity contribution in [3.05, 3.63) is 22.7 Å². The van der Waals surface area contributed by atoms with Gasteiger partial charge in [0.1, 0.15) is 5.75 Å².